The normalized spacial score (nSPS) is 18.2. The first kappa shape index (κ1) is 17.4. The van der Waals surface area contributed by atoms with Gasteiger partial charge in [0.2, 0.25) is 5.91 Å². The molecule has 23 heavy (non-hydrogen) atoms. The van der Waals surface area contributed by atoms with Gasteiger partial charge in [-0.05, 0) is 36.5 Å². The molecule has 0 saturated carbocycles. The Balaban J connectivity index is 1.90. The van der Waals surface area contributed by atoms with E-state index in [4.69, 9.17) is 4.74 Å². The van der Waals surface area contributed by atoms with Crippen LogP contribution in [0.15, 0.2) is 24.3 Å². The lowest BCUT2D eigenvalue weighted by Crippen LogP contribution is -2.46. The lowest BCUT2D eigenvalue weighted by Gasteiger charge is -2.33. The number of halogens is 1. The molecule has 1 unspecified atom stereocenters. The van der Waals surface area contributed by atoms with Crippen molar-refractivity contribution in [2.45, 2.75) is 32.1 Å². The van der Waals surface area contributed by atoms with Gasteiger partial charge in [-0.3, -0.25) is 9.59 Å². The minimum atomic E-state index is -0.948. The number of rotatable bonds is 6. The predicted molar refractivity (Wildman–Crippen MR) is 82.6 cm³/mol. The Morgan fingerprint density at radius 2 is 2.09 bits per heavy atom. The van der Waals surface area contributed by atoms with Crippen LogP contribution in [0.2, 0.25) is 0 Å². The second-order valence-electron chi connectivity index (χ2n) is 6.13. The van der Waals surface area contributed by atoms with Crippen molar-refractivity contribution in [1.29, 1.82) is 0 Å². The average molecular weight is 323 g/mol. The van der Waals surface area contributed by atoms with Gasteiger partial charge >= 0.3 is 5.97 Å². The molecule has 1 aliphatic rings. The van der Waals surface area contributed by atoms with Crippen LogP contribution in [0.1, 0.15) is 37.7 Å². The lowest BCUT2D eigenvalue weighted by molar-refractivity contribution is -0.154. The zero-order valence-corrected chi connectivity index (χ0v) is 13.2. The molecule has 0 spiro atoms. The Labute approximate surface area is 134 Å². The molecule has 0 bridgehead atoms. The zero-order chi connectivity index (χ0) is 16.9. The van der Waals surface area contributed by atoms with Crippen molar-refractivity contribution >= 4 is 11.9 Å². The van der Waals surface area contributed by atoms with E-state index < -0.39 is 11.4 Å². The molecule has 0 radical (unpaired) electrons. The van der Waals surface area contributed by atoms with Crippen LogP contribution in [-0.2, 0) is 14.3 Å². The van der Waals surface area contributed by atoms with E-state index in [2.05, 4.69) is 5.32 Å². The third-order valence-corrected chi connectivity index (χ3v) is 4.44. The maximum atomic E-state index is 13.2. The van der Waals surface area contributed by atoms with Crippen LogP contribution in [0.4, 0.5) is 4.39 Å². The summed E-state index contributed by atoms with van der Waals surface area (Å²) in [6.07, 6.45) is 0.972. The summed E-state index contributed by atoms with van der Waals surface area (Å²) in [4.78, 5) is 23.6. The molecule has 1 aromatic rings. The van der Waals surface area contributed by atoms with E-state index in [1.807, 2.05) is 6.92 Å². The number of ether oxygens (including phenoxy) is 1. The number of aliphatic carboxylic acids is 1. The minimum Gasteiger partial charge on any atom is -0.481 e. The maximum Gasteiger partial charge on any atom is 0.311 e. The molecule has 1 aromatic carbocycles. The van der Waals surface area contributed by atoms with E-state index in [1.165, 1.54) is 12.1 Å². The molecule has 0 aliphatic carbocycles. The highest BCUT2D eigenvalue weighted by atomic mass is 19.1. The fraction of sp³-hybridized carbons (Fsp3) is 0.529. The van der Waals surface area contributed by atoms with Gasteiger partial charge in [0.1, 0.15) is 5.82 Å². The summed E-state index contributed by atoms with van der Waals surface area (Å²) in [6, 6.07) is 6.16. The number of carbonyl (C=O) groups excluding carboxylic acids is 1. The second kappa shape index (κ2) is 7.55. The maximum absolute atomic E-state index is 13.2. The minimum absolute atomic E-state index is 0.0976. The van der Waals surface area contributed by atoms with E-state index in [0.717, 1.165) is 5.56 Å². The number of nitrogens with one attached hydrogen (secondary N) is 1. The van der Waals surface area contributed by atoms with Crippen molar-refractivity contribution in [2.75, 3.05) is 19.8 Å². The van der Waals surface area contributed by atoms with Gasteiger partial charge in [0.05, 0.1) is 5.41 Å². The Morgan fingerprint density at radius 3 is 2.70 bits per heavy atom. The van der Waals surface area contributed by atoms with Gasteiger partial charge in [-0.1, -0.05) is 19.1 Å². The summed E-state index contributed by atoms with van der Waals surface area (Å²) < 4.78 is 18.4. The fourth-order valence-electron chi connectivity index (χ4n) is 2.78. The van der Waals surface area contributed by atoms with Crippen LogP contribution >= 0.6 is 0 Å². The average Bonchev–Trinajstić information content (AvgIpc) is 2.53. The molecule has 5 nitrogen and oxygen atoms in total. The first-order valence-corrected chi connectivity index (χ1v) is 7.76. The number of hydrogen-bond acceptors (Lipinski definition) is 3. The summed E-state index contributed by atoms with van der Waals surface area (Å²) in [7, 11) is 0. The Morgan fingerprint density at radius 1 is 1.39 bits per heavy atom. The van der Waals surface area contributed by atoms with E-state index in [0.29, 0.717) is 26.1 Å². The third kappa shape index (κ3) is 4.51. The molecule has 1 atom stereocenters. The molecule has 2 N–H and O–H groups in total. The highest BCUT2D eigenvalue weighted by molar-refractivity contribution is 5.79. The fourth-order valence-corrected chi connectivity index (χ4v) is 2.78. The molecule has 0 aromatic heterocycles. The van der Waals surface area contributed by atoms with Crippen molar-refractivity contribution in [1.82, 2.24) is 5.32 Å². The molecule has 1 fully saturated rings. The van der Waals surface area contributed by atoms with Crippen LogP contribution in [-0.4, -0.2) is 36.7 Å². The van der Waals surface area contributed by atoms with Gasteiger partial charge < -0.3 is 15.2 Å². The van der Waals surface area contributed by atoms with Gasteiger partial charge in [0.15, 0.2) is 0 Å². The summed E-state index contributed by atoms with van der Waals surface area (Å²) in [6.45, 7) is 2.72. The quantitative estimate of drug-likeness (QED) is 0.842. The van der Waals surface area contributed by atoms with Crippen LogP contribution in [0.5, 0.6) is 0 Å². The van der Waals surface area contributed by atoms with E-state index >= 15 is 0 Å². The molecule has 1 amide bonds. The summed E-state index contributed by atoms with van der Waals surface area (Å²) in [5.41, 5.74) is -0.199. The van der Waals surface area contributed by atoms with E-state index in [9.17, 15) is 19.1 Å². The molecular weight excluding hydrogens is 301 g/mol. The highest BCUT2D eigenvalue weighted by Crippen LogP contribution is 2.30. The van der Waals surface area contributed by atoms with Crippen molar-refractivity contribution in [2.24, 2.45) is 5.41 Å². The van der Waals surface area contributed by atoms with Gasteiger partial charge in [-0.2, -0.15) is 0 Å². The van der Waals surface area contributed by atoms with Gasteiger partial charge in [0.25, 0.3) is 0 Å². The molecule has 1 aliphatic heterocycles. The van der Waals surface area contributed by atoms with Crippen molar-refractivity contribution in [3.05, 3.63) is 35.6 Å². The number of hydrogen-bond donors (Lipinski definition) is 2. The van der Waals surface area contributed by atoms with Crippen molar-refractivity contribution in [3.8, 4) is 0 Å². The lowest BCUT2D eigenvalue weighted by atomic mass is 9.80. The Hall–Kier alpha value is -1.95. The molecule has 1 heterocycles. The number of amides is 1. The SMILES string of the molecule is CC(CC(=O)NCC1(C(=O)O)CCOCC1)c1cccc(F)c1. The molecule has 2 rings (SSSR count). The first-order chi connectivity index (χ1) is 10.9. The molecule has 6 heteroatoms. The number of carboxylic acid groups (broad SMARTS) is 1. The van der Waals surface area contributed by atoms with Crippen LogP contribution in [0.3, 0.4) is 0 Å². The van der Waals surface area contributed by atoms with Gasteiger partial charge in [-0.25, -0.2) is 4.39 Å². The zero-order valence-electron chi connectivity index (χ0n) is 13.2. The number of benzene rings is 1. The largest absolute Gasteiger partial charge is 0.481 e. The first-order valence-electron chi connectivity index (χ1n) is 7.76. The monoisotopic (exact) mass is 323 g/mol. The Kier molecular flexibility index (Phi) is 5.71. The van der Waals surface area contributed by atoms with Gasteiger partial charge in [-0.15, -0.1) is 0 Å². The summed E-state index contributed by atoms with van der Waals surface area (Å²) in [5.74, 6) is -1.60. The second-order valence-corrected chi connectivity index (χ2v) is 6.13. The molecule has 126 valence electrons. The van der Waals surface area contributed by atoms with Crippen LogP contribution in [0, 0.1) is 11.2 Å². The third-order valence-electron chi connectivity index (χ3n) is 4.44. The summed E-state index contributed by atoms with van der Waals surface area (Å²) in [5, 5.41) is 12.2. The van der Waals surface area contributed by atoms with Gasteiger partial charge in [0, 0.05) is 26.2 Å². The topological polar surface area (TPSA) is 75.6 Å². The smallest absolute Gasteiger partial charge is 0.311 e. The van der Waals surface area contributed by atoms with Crippen molar-refractivity contribution in [3.63, 3.8) is 0 Å². The summed E-state index contributed by atoms with van der Waals surface area (Å²) >= 11 is 0. The van der Waals surface area contributed by atoms with E-state index in [-0.39, 0.29) is 30.6 Å². The van der Waals surface area contributed by atoms with Crippen LogP contribution in [0.25, 0.3) is 0 Å². The number of carbonyl (C=O) groups is 2. The number of carboxylic acids is 1. The Bertz CT molecular complexity index is 569. The highest BCUT2D eigenvalue weighted by Gasteiger charge is 2.40. The van der Waals surface area contributed by atoms with Crippen molar-refractivity contribution < 1.29 is 23.8 Å². The standard InChI is InChI=1S/C17H22FNO4/c1-12(13-3-2-4-14(18)10-13)9-15(20)19-11-17(16(21)22)5-7-23-8-6-17/h2-4,10,12H,5-9,11H2,1H3,(H,19,20)(H,21,22). The van der Waals surface area contributed by atoms with Crippen LogP contribution < -0.4 is 5.32 Å². The predicted octanol–water partition coefficient (Wildman–Crippen LogP) is 2.32. The molecule has 1 saturated heterocycles. The molecular formula is C17H22FNO4. The van der Waals surface area contributed by atoms with E-state index in [1.54, 1.807) is 12.1 Å².